The second-order valence-corrected chi connectivity index (χ2v) is 3.88. The van der Waals surface area contributed by atoms with Crippen LogP contribution in [0.15, 0.2) is 29.2 Å². The molecule has 0 bridgehead atoms. The second-order valence-electron chi connectivity index (χ2n) is 2.86. The molecule has 0 unspecified atom stereocenters. The molecule has 0 saturated heterocycles. The lowest BCUT2D eigenvalue weighted by Crippen LogP contribution is -1.75. The summed E-state index contributed by atoms with van der Waals surface area (Å²) in [6, 6.07) is 7.34. The van der Waals surface area contributed by atoms with Gasteiger partial charge in [-0.25, -0.2) is 0 Å². The van der Waals surface area contributed by atoms with Gasteiger partial charge in [-0.15, -0.1) is 17.7 Å². The third kappa shape index (κ3) is 3.76. The van der Waals surface area contributed by atoms with Gasteiger partial charge in [0.15, 0.2) is 0 Å². The Balaban J connectivity index is 2.40. The van der Waals surface area contributed by atoms with Crippen LogP contribution < -0.4 is 0 Å². The molecule has 0 radical (unpaired) electrons. The molecule has 14 heavy (non-hydrogen) atoms. The molecule has 0 amide bonds. The average Bonchev–Trinajstić information content (AvgIpc) is 2.20. The number of hydrogen-bond acceptors (Lipinski definition) is 2. The Bertz CT molecular complexity index is 336. The van der Waals surface area contributed by atoms with Gasteiger partial charge in [-0.3, -0.25) is 0 Å². The molecule has 0 saturated carbocycles. The van der Waals surface area contributed by atoms with Crippen molar-refractivity contribution in [2.75, 3.05) is 5.75 Å². The summed E-state index contributed by atoms with van der Waals surface area (Å²) in [5.41, 5.74) is 0. The Kier molecular flexibility index (Phi) is 5.03. The highest BCUT2D eigenvalue weighted by Crippen LogP contribution is 2.26. The van der Waals surface area contributed by atoms with E-state index in [2.05, 4.69) is 18.8 Å². The van der Waals surface area contributed by atoms with Crippen LogP contribution >= 0.6 is 11.8 Å². The zero-order chi connectivity index (χ0) is 10.2. The summed E-state index contributed by atoms with van der Waals surface area (Å²) in [5.74, 6) is 7.23. The van der Waals surface area contributed by atoms with Crippen LogP contribution in [0.5, 0.6) is 5.75 Å². The Morgan fingerprint density at radius 1 is 1.29 bits per heavy atom. The van der Waals surface area contributed by atoms with Crippen molar-refractivity contribution in [3.05, 3.63) is 24.3 Å². The number of para-hydroxylation sites is 1. The highest BCUT2D eigenvalue weighted by molar-refractivity contribution is 7.99. The highest BCUT2D eigenvalue weighted by atomic mass is 32.2. The third-order valence-electron chi connectivity index (χ3n) is 1.67. The van der Waals surface area contributed by atoms with Crippen LogP contribution in [0.25, 0.3) is 0 Å². The first-order valence-corrected chi connectivity index (χ1v) is 5.69. The maximum absolute atomic E-state index is 9.44. The minimum absolute atomic E-state index is 0.342. The second kappa shape index (κ2) is 6.39. The summed E-state index contributed by atoms with van der Waals surface area (Å²) < 4.78 is 0. The van der Waals surface area contributed by atoms with Crippen LogP contribution in [-0.2, 0) is 0 Å². The van der Waals surface area contributed by atoms with E-state index in [1.165, 1.54) is 0 Å². The molecule has 1 aromatic rings. The first-order valence-electron chi connectivity index (χ1n) is 4.71. The summed E-state index contributed by atoms with van der Waals surface area (Å²) in [5, 5.41) is 9.44. The van der Waals surface area contributed by atoms with Crippen molar-refractivity contribution in [2.24, 2.45) is 0 Å². The summed E-state index contributed by atoms with van der Waals surface area (Å²) in [7, 11) is 0. The summed E-state index contributed by atoms with van der Waals surface area (Å²) >= 11 is 1.57. The summed E-state index contributed by atoms with van der Waals surface area (Å²) in [6.45, 7) is 2.12. The number of phenolic OH excluding ortho intramolecular Hbond substituents is 1. The molecule has 1 aromatic carbocycles. The Morgan fingerprint density at radius 3 is 2.79 bits per heavy atom. The maximum atomic E-state index is 9.44. The SMILES string of the molecule is CCCC#CCSc1ccccc1O. The van der Waals surface area contributed by atoms with E-state index in [1.54, 1.807) is 17.8 Å². The van der Waals surface area contributed by atoms with Gasteiger partial charge in [0.25, 0.3) is 0 Å². The molecular formula is C12H14OS. The van der Waals surface area contributed by atoms with E-state index in [9.17, 15) is 5.11 Å². The van der Waals surface area contributed by atoms with Crippen LogP contribution in [0, 0.1) is 11.8 Å². The quantitative estimate of drug-likeness (QED) is 0.605. The van der Waals surface area contributed by atoms with Crippen molar-refractivity contribution >= 4 is 11.8 Å². The predicted octanol–water partition coefficient (Wildman–Crippen LogP) is 3.29. The van der Waals surface area contributed by atoms with Crippen molar-refractivity contribution in [1.29, 1.82) is 0 Å². The smallest absolute Gasteiger partial charge is 0.129 e. The molecule has 0 fully saturated rings. The standard InChI is InChI=1S/C12H14OS/c1-2-3-4-7-10-14-12-9-6-5-8-11(12)13/h5-6,8-9,13H,2-3,10H2,1H3. The van der Waals surface area contributed by atoms with Crippen molar-refractivity contribution in [3.8, 4) is 17.6 Å². The minimum Gasteiger partial charge on any atom is -0.507 e. The highest BCUT2D eigenvalue weighted by Gasteiger charge is 1.97. The number of phenols is 1. The van der Waals surface area contributed by atoms with Gasteiger partial charge in [0, 0.05) is 6.42 Å². The van der Waals surface area contributed by atoms with Gasteiger partial charge >= 0.3 is 0 Å². The predicted molar refractivity (Wildman–Crippen MR) is 61.5 cm³/mol. The first kappa shape index (κ1) is 11.0. The fourth-order valence-electron chi connectivity index (χ4n) is 0.957. The average molecular weight is 206 g/mol. The van der Waals surface area contributed by atoms with E-state index in [1.807, 2.05) is 18.2 Å². The van der Waals surface area contributed by atoms with E-state index in [0.29, 0.717) is 5.75 Å². The summed E-state index contributed by atoms with van der Waals surface area (Å²) in [4.78, 5) is 0.901. The van der Waals surface area contributed by atoms with Gasteiger partial charge in [-0.05, 0) is 18.6 Å². The van der Waals surface area contributed by atoms with E-state index < -0.39 is 0 Å². The fourth-order valence-corrected chi connectivity index (χ4v) is 1.68. The molecule has 0 aliphatic carbocycles. The van der Waals surface area contributed by atoms with Gasteiger partial charge in [-0.2, -0.15) is 0 Å². The molecule has 0 spiro atoms. The molecule has 2 heteroatoms. The topological polar surface area (TPSA) is 20.2 Å². The van der Waals surface area contributed by atoms with Crippen LogP contribution in [0.3, 0.4) is 0 Å². The molecule has 0 aliphatic heterocycles. The number of aromatic hydroxyl groups is 1. The van der Waals surface area contributed by atoms with Crippen LogP contribution in [0.1, 0.15) is 19.8 Å². The van der Waals surface area contributed by atoms with E-state index in [4.69, 9.17) is 0 Å². The van der Waals surface area contributed by atoms with Crippen molar-refractivity contribution in [2.45, 2.75) is 24.7 Å². The lowest BCUT2D eigenvalue weighted by molar-refractivity contribution is 0.462. The molecule has 1 nitrogen and oxygen atoms in total. The van der Waals surface area contributed by atoms with Crippen molar-refractivity contribution in [3.63, 3.8) is 0 Å². The van der Waals surface area contributed by atoms with Gasteiger partial charge < -0.3 is 5.11 Å². The number of thioether (sulfide) groups is 1. The van der Waals surface area contributed by atoms with E-state index in [-0.39, 0.29) is 0 Å². The maximum Gasteiger partial charge on any atom is 0.129 e. The van der Waals surface area contributed by atoms with Crippen LogP contribution in [0.4, 0.5) is 0 Å². The fraction of sp³-hybridized carbons (Fsp3) is 0.333. The summed E-state index contributed by atoms with van der Waals surface area (Å²) in [6.07, 6.45) is 2.07. The molecular weight excluding hydrogens is 192 g/mol. The number of benzene rings is 1. The molecule has 1 N–H and O–H groups in total. The van der Waals surface area contributed by atoms with Gasteiger partial charge in [0.05, 0.1) is 10.6 Å². The molecule has 0 aliphatic rings. The molecule has 0 atom stereocenters. The molecule has 0 aromatic heterocycles. The first-order chi connectivity index (χ1) is 6.84. The molecule has 74 valence electrons. The lowest BCUT2D eigenvalue weighted by atomic mass is 10.3. The number of hydrogen-bond donors (Lipinski definition) is 1. The van der Waals surface area contributed by atoms with Crippen LogP contribution in [-0.4, -0.2) is 10.9 Å². The Hall–Kier alpha value is -1.07. The lowest BCUT2D eigenvalue weighted by Gasteiger charge is -1.99. The van der Waals surface area contributed by atoms with Gasteiger partial charge in [0.2, 0.25) is 0 Å². The number of rotatable bonds is 3. The Labute approximate surface area is 89.5 Å². The van der Waals surface area contributed by atoms with Crippen molar-refractivity contribution in [1.82, 2.24) is 0 Å². The zero-order valence-corrected chi connectivity index (χ0v) is 9.10. The zero-order valence-electron chi connectivity index (χ0n) is 8.29. The third-order valence-corrected chi connectivity index (χ3v) is 2.61. The number of unbranched alkanes of at least 4 members (excludes halogenated alkanes) is 1. The monoisotopic (exact) mass is 206 g/mol. The molecule has 1 rings (SSSR count). The van der Waals surface area contributed by atoms with E-state index >= 15 is 0 Å². The molecule has 0 heterocycles. The largest absolute Gasteiger partial charge is 0.507 e. The normalized spacial score (nSPS) is 9.21. The minimum atomic E-state index is 0.342. The van der Waals surface area contributed by atoms with Gasteiger partial charge in [-0.1, -0.05) is 25.0 Å². The van der Waals surface area contributed by atoms with Gasteiger partial charge in [0.1, 0.15) is 5.75 Å². The van der Waals surface area contributed by atoms with Crippen LogP contribution in [0.2, 0.25) is 0 Å². The Morgan fingerprint density at radius 2 is 2.07 bits per heavy atom. The van der Waals surface area contributed by atoms with E-state index in [0.717, 1.165) is 23.5 Å². The van der Waals surface area contributed by atoms with Crippen molar-refractivity contribution < 1.29 is 5.11 Å².